The van der Waals surface area contributed by atoms with Crippen LogP contribution in [0.25, 0.3) is 6.08 Å². The fourth-order valence-corrected chi connectivity index (χ4v) is 4.04. The first-order chi connectivity index (χ1) is 15.9. The second kappa shape index (κ2) is 11.9. The fourth-order valence-electron chi connectivity index (χ4n) is 4.04. The quantitative estimate of drug-likeness (QED) is 0.244. The summed E-state index contributed by atoms with van der Waals surface area (Å²) in [4.78, 5) is 24.4. The summed E-state index contributed by atoms with van der Waals surface area (Å²) in [6.07, 6.45) is 10.5. The summed E-state index contributed by atoms with van der Waals surface area (Å²) >= 11 is 0. The van der Waals surface area contributed by atoms with Gasteiger partial charge < -0.3 is 20.9 Å². The van der Waals surface area contributed by atoms with Crippen molar-refractivity contribution < 1.29 is 19.1 Å². The van der Waals surface area contributed by atoms with E-state index in [4.69, 9.17) is 20.9 Å². The molecule has 6 nitrogen and oxygen atoms in total. The molecule has 1 saturated carbocycles. The molecule has 174 valence electrons. The van der Waals surface area contributed by atoms with Gasteiger partial charge in [-0.25, -0.2) is 9.59 Å². The molecule has 2 aromatic rings. The number of allylic oxidation sites excluding steroid dienone is 1. The highest BCUT2D eigenvalue weighted by molar-refractivity contribution is 5.90. The van der Waals surface area contributed by atoms with Crippen LogP contribution >= 0.6 is 0 Å². The van der Waals surface area contributed by atoms with E-state index in [9.17, 15) is 9.59 Å². The van der Waals surface area contributed by atoms with Crippen LogP contribution in [0.1, 0.15) is 53.6 Å². The molecule has 0 atom stereocenters. The molecule has 2 aromatic carbocycles. The van der Waals surface area contributed by atoms with E-state index in [0.29, 0.717) is 29.3 Å². The molecule has 1 aliphatic rings. The molecule has 0 amide bonds. The van der Waals surface area contributed by atoms with E-state index < -0.39 is 5.97 Å². The third-order valence-corrected chi connectivity index (χ3v) is 5.80. The average molecular weight is 449 g/mol. The van der Waals surface area contributed by atoms with Gasteiger partial charge in [0.15, 0.2) is 0 Å². The van der Waals surface area contributed by atoms with Crippen LogP contribution in [0.15, 0.2) is 61.2 Å². The largest absolute Gasteiger partial charge is 0.462 e. The zero-order valence-electron chi connectivity index (χ0n) is 18.9. The van der Waals surface area contributed by atoms with Crippen LogP contribution in [-0.2, 0) is 20.7 Å². The summed E-state index contributed by atoms with van der Waals surface area (Å²) in [6.45, 7) is 4.03. The van der Waals surface area contributed by atoms with Gasteiger partial charge in [0.2, 0.25) is 0 Å². The lowest BCUT2D eigenvalue weighted by Crippen LogP contribution is -2.24. The third kappa shape index (κ3) is 7.83. The molecule has 0 aliphatic heterocycles. The molecule has 0 unspecified atom stereocenters. The second-order valence-electron chi connectivity index (χ2n) is 8.45. The van der Waals surface area contributed by atoms with Gasteiger partial charge in [0, 0.05) is 23.9 Å². The topological polar surface area (TPSA) is 105 Å². The Morgan fingerprint density at radius 2 is 1.67 bits per heavy atom. The van der Waals surface area contributed by atoms with Crippen LogP contribution in [0.5, 0.6) is 0 Å². The number of hydrogen-bond donors (Lipinski definition) is 2. The minimum Gasteiger partial charge on any atom is -0.462 e. The average Bonchev–Trinajstić information content (AvgIpc) is 2.79. The normalized spacial score (nSPS) is 18.1. The molecule has 0 spiro atoms. The minimum absolute atomic E-state index is 0.0170. The standard InChI is InChI=1S/C27H32N2O4/c1-2-3-19-6-11-25(12-7-19)33-27(31)22-9-4-20(5-10-22)8-13-26(30)32-15-14-21-16-23(28)18-24(29)17-21/h2,4-5,8-10,13,16-19,25H,1,3,6-7,11-12,14-15,28-29H2/b13-8+. The van der Waals surface area contributed by atoms with Gasteiger partial charge in [0.1, 0.15) is 6.10 Å². The van der Waals surface area contributed by atoms with Gasteiger partial charge in [-0.2, -0.15) is 0 Å². The first-order valence-electron chi connectivity index (χ1n) is 11.3. The van der Waals surface area contributed by atoms with Crippen LogP contribution < -0.4 is 11.5 Å². The molecule has 0 radical (unpaired) electrons. The van der Waals surface area contributed by atoms with Crippen molar-refractivity contribution in [3.63, 3.8) is 0 Å². The van der Waals surface area contributed by atoms with Crippen molar-refractivity contribution in [3.8, 4) is 0 Å². The van der Waals surface area contributed by atoms with E-state index in [1.54, 1.807) is 48.5 Å². The Balaban J connectivity index is 1.42. The highest BCUT2D eigenvalue weighted by atomic mass is 16.5. The van der Waals surface area contributed by atoms with Crippen molar-refractivity contribution in [1.82, 2.24) is 0 Å². The number of carbonyl (C=O) groups excluding carboxylic acids is 2. The Morgan fingerprint density at radius 3 is 2.30 bits per heavy atom. The summed E-state index contributed by atoms with van der Waals surface area (Å²) in [5, 5.41) is 0. The highest BCUT2D eigenvalue weighted by Crippen LogP contribution is 2.29. The molecule has 0 saturated heterocycles. The number of nitrogen functional groups attached to an aromatic ring is 2. The van der Waals surface area contributed by atoms with Crippen molar-refractivity contribution in [3.05, 3.63) is 77.9 Å². The number of nitrogens with two attached hydrogens (primary N) is 2. The summed E-state index contributed by atoms with van der Waals surface area (Å²) in [5.74, 6) is -0.0899. The molecule has 0 aromatic heterocycles. The van der Waals surface area contributed by atoms with Crippen LogP contribution in [0.3, 0.4) is 0 Å². The van der Waals surface area contributed by atoms with E-state index in [0.717, 1.165) is 43.2 Å². The zero-order chi connectivity index (χ0) is 23.6. The lowest BCUT2D eigenvalue weighted by atomic mass is 9.85. The second-order valence-corrected chi connectivity index (χ2v) is 8.45. The molecule has 3 rings (SSSR count). The molecule has 6 heteroatoms. The fraction of sp³-hybridized carbons (Fsp3) is 0.333. The van der Waals surface area contributed by atoms with Gasteiger partial charge in [-0.1, -0.05) is 18.2 Å². The van der Waals surface area contributed by atoms with Gasteiger partial charge >= 0.3 is 11.9 Å². The minimum atomic E-state index is -0.442. The van der Waals surface area contributed by atoms with Crippen molar-refractivity contribution in [2.24, 2.45) is 5.92 Å². The summed E-state index contributed by atoms with van der Waals surface area (Å²) in [7, 11) is 0. The molecule has 4 N–H and O–H groups in total. The summed E-state index contributed by atoms with van der Waals surface area (Å²) < 4.78 is 10.9. The molecular formula is C27H32N2O4. The maximum Gasteiger partial charge on any atom is 0.338 e. The molecule has 1 aliphatic carbocycles. The number of esters is 2. The van der Waals surface area contributed by atoms with Crippen LogP contribution in [0.4, 0.5) is 11.4 Å². The molecular weight excluding hydrogens is 416 g/mol. The van der Waals surface area contributed by atoms with Crippen molar-refractivity contribution >= 4 is 29.4 Å². The van der Waals surface area contributed by atoms with Gasteiger partial charge in [0.25, 0.3) is 0 Å². The number of ether oxygens (including phenoxy) is 2. The van der Waals surface area contributed by atoms with E-state index in [-0.39, 0.29) is 18.7 Å². The molecule has 0 bridgehead atoms. The number of benzene rings is 2. The van der Waals surface area contributed by atoms with Gasteiger partial charge in [-0.05, 0) is 85.6 Å². The maximum absolute atomic E-state index is 12.4. The van der Waals surface area contributed by atoms with Crippen molar-refractivity contribution in [1.29, 1.82) is 0 Å². The van der Waals surface area contributed by atoms with E-state index >= 15 is 0 Å². The Bertz CT molecular complexity index is 969. The Labute approximate surface area is 195 Å². The van der Waals surface area contributed by atoms with E-state index in [2.05, 4.69) is 6.58 Å². The molecule has 0 heterocycles. The molecule has 1 fully saturated rings. The first kappa shape index (κ1) is 24.1. The van der Waals surface area contributed by atoms with E-state index in [1.807, 2.05) is 6.08 Å². The predicted molar refractivity (Wildman–Crippen MR) is 131 cm³/mol. The monoisotopic (exact) mass is 448 g/mol. The Hall–Kier alpha value is -3.54. The van der Waals surface area contributed by atoms with Gasteiger partial charge in [-0.15, -0.1) is 6.58 Å². The maximum atomic E-state index is 12.4. The summed E-state index contributed by atoms with van der Waals surface area (Å²) in [5.41, 5.74) is 14.9. The smallest absolute Gasteiger partial charge is 0.338 e. The number of carbonyl (C=O) groups is 2. The number of anilines is 2. The van der Waals surface area contributed by atoms with E-state index in [1.165, 1.54) is 6.08 Å². The van der Waals surface area contributed by atoms with Gasteiger partial charge in [0.05, 0.1) is 12.2 Å². The predicted octanol–water partition coefficient (Wildman–Crippen LogP) is 4.94. The lowest BCUT2D eigenvalue weighted by Gasteiger charge is -2.27. The van der Waals surface area contributed by atoms with Crippen LogP contribution in [-0.4, -0.2) is 24.6 Å². The van der Waals surface area contributed by atoms with Gasteiger partial charge in [-0.3, -0.25) is 0 Å². The Morgan fingerprint density at radius 1 is 1.00 bits per heavy atom. The molecule has 33 heavy (non-hydrogen) atoms. The Kier molecular flexibility index (Phi) is 8.70. The zero-order valence-corrected chi connectivity index (χ0v) is 18.9. The number of hydrogen-bond acceptors (Lipinski definition) is 6. The first-order valence-corrected chi connectivity index (χ1v) is 11.3. The summed E-state index contributed by atoms with van der Waals surface area (Å²) in [6, 6.07) is 12.3. The highest BCUT2D eigenvalue weighted by Gasteiger charge is 2.23. The number of rotatable bonds is 9. The SMILES string of the molecule is C=CCC1CCC(OC(=O)c2ccc(/C=C/C(=O)OCCc3cc(N)cc(N)c3)cc2)CC1. The lowest BCUT2D eigenvalue weighted by molar-refractivity contribution is -0.137. The van der Waals surface area contributed by atoms with Crippen molar-refractivity contribution in [2.75, 3.05) is 18.1 Å². The third-order valence-electron chi connectivity index (χ3n) is 5.80. The van der Waals surface area contributed by atoms with Crippen LogP contribution in [0, 0.1) is 5.92 Å². The van der Waals surface area contributed by atoms with Crippen LogP contribution in [0.2, 0.25) is 0 Å². The van der Waals surface area contributed by atoms with Crippen molar-refractivity contribution in [2.45, 2.75) is 44.6 Å².